The van der Waals surface area contributed by atoms with Crippen LogP contribution in [0, 0.1) is 13.8 Å². The monoisotopic (exact) mass is 434 g/mol. The number of nitrogens with one attached hydrogen (secondary N) is 3. The van der Waals surface area contributed by atoms with Gasteiger partial charge in [0.15, 0.2) is 5.13 Å². The molecule has 160 valence electrons. The molecule has 4 rings (SSSR count). The molecule has 2 amide bonds. The van der Waals surface area contributed by atoms with Crippen LogP contribution in [0.4, 0.5) is 10.8 Å². The molecule has 0 radical (unpaired) electrons. The molecular weight excluding hydrogens is 408 g/mol. The Morgan fingerprint density at radius 3 is 2.52 bits per heavy atom. The summed E-state index contributed by atoms with van der Waals surface area (Å²) in [5.41, 5.74) is 3.90. The SMILES string of the molecule is Cc1ccc(C(=O)NC2CC2)cc1NC(=O)c1sc(N[C@H](C)c2ccccc2)nc1C. The first-order chi connectivity index (χ1) is 14.9. The number of nitrogens with zero attached hydrogens (tertiary/aromatic N) is 1. The van der Waals surface area contributed by atoms with E-state index in [0.717, 1.165) is 24.0 Å². The average Bonchev–Trinajstić information content (AvgIpc) is 3.50. The van der Waals surface area contributed by atoms with E-state index >= 15 is 0 Å². The van der Waals surface area contributed by atoms with Gasteiger partial charge in [0.2, 0.25) is 0 Å². The summed E-state index contributed by atoms with van der Waals surface area (Å²) in [7, 11) is 0. The van der Waals surface area contributed by atoms with Gasteiger partial charge in [0.05, 0.1) is 11.7 Å². The lowest BCUT2D eigenvalue weighted by Gasteiger charge is -2.12. The number of hydrogen-bond donors (Lipinski definition) is 3. The number of hydrogen-bond acceptors (Lipinski definition) is 5. The summed E-state index contributed by atoms with van der Waals surface area (Å²) in [5.74, 6) is -0.327. The molecule has 1 saturated carbocycles. The van der Waals surface area contributed by atoms with Gasteiger partial charge in [-0.05, 0) is 56.9 Å². The number of aryl methyl sites for hydroxylation is 2. The lowest BCUT2D eigenvalue weighted by Crippen LogP contribution is -2.25. The van der Waals surface area contributed by atoms with Gasteiger partial charge in [0, 0.05) is 17.3 Å². The van der Waals surface area contributed by atoms with Crippen molar-refractivity contribution in [2.45, 2.75) is 45.7 Å². The highest BCUT2D eigenvalue weighted by atomic mass is 32.1. The fraction of sp³-hybridized carbons (Fsp3) is 0.292. The number of amides is 2. The van der Waals surface area contributed by atoms with E-state index < -0.39 is 0 Å². The van der Waals surface area contributed by atoms with Crippen LogP contribution in [0.25, 0.3) is 0 Å². The molecule has 3 aromatic rings. The molecule has 7 heteroatoms. The average molecular weight is 435 g/mol. The van der Waals surface area contributed by atoms with Crippen LogP contribution in [0.15, 0.2) is 48.5 Å². The summed E-state index contributed by atoms with van der Waals surface area (Å²) in [4.78, 5) is 30.4. The second-order valence-corrected chi connectivity index (χ2v) is 8.94. The Morgan fingerprint density at radius 2 is 1.81 bits per heavy atom. The van der Waals surface area contributed by atoms with Gasteiger partial charge in [0.25, 0.3) is 11.8 Å². The molecule has 31 heavy (non-hydrogen) atoms. The van der Waals surface area contributed by atoms with E-state index in [1.165, 1.54) is 11.3 Å². The lowest BCUT2D eigenvalue weighted by atomic mass is 10.1. The first-order valence-corrected chi connectivity index (χ1v) is 11.2. The van der Waals surface area contributed by atoms with Crippen LogP contribution in [-0.2, 0) is 0 Å². The normalized spacial score (nSPS) is 14.0. The number of carbonyl (C=O) groups excluding carboxylic acids is 2. The van der Waals surface area contributed by atoms with Crippen molar-refractivity contribution in [1.82, 2.24) is 10.3 Å². The first kappa shape index (κ1) is 21.1. The summed E-state index contributed by atoms with van der Waals surface area (Å²) < 4.78 is 0. The Hall–Kier alpha value is -3.19. The van der Waals surface area contributed by atoms with Gasteiger partial charge < -0.3 is 16.0 Å². The van der Waals surface area contributed by atoms with E-state index in [4.69, 9.17) is 0 Å². The van der Waals surface area contributed by atoms with Crippen LogP contribution < -0.4 is 16.0 Å². The topological polar surface area (TPSA) is 83.1 Å². The molecule has 1 atom stereocenters. The van der Waals surface area contributed by atoms with Crippen LogP contribution in [0.2, 0.25) is 0 Å². The maximum Gasteiger partial charge on any atom is 0.267 e. The van der Waals surface area contributed by atoms with E-state index in [9.17, 15) is 9.59 Å². The quantitative estimate of drug-likeness (QED) is 0.484. The number of thiazole rings is 1. The first-order valence-electron chi connectivity index (χ1n) is 10.4. The van der Waals surface area contributed by atoms with Crippen LogP contribution in [0.5, 0.6) is 0 Å². The summed E-state index contributed by atoms with van der Waals surface area (Å²) in [6, 6.07) is 15.8. The molecule has 1 aromatic heterocycles. The molecular formula is C24H26N4O2S. The summed E-state index contributed by atoms with van der Waals surface area (Å²) in [5, 5.41) is 10.0. The number of anilines is 2. The van der Waals surface area contributed by atoms with Gasteiger partial charge in [-0.2, -0.15) is 0 Å². The molecule has 0 spiro atoms. The van der Waals surface area contributed by atoms with Crippen molar-refractivity contribution in [3.05, 3.63) is 75.8 Å². The summed E-state index contributed by atoms with van der Waals surface area (Å²) in [6.07, 6.45) is 2.07. The van der Waals surface area contributed by atoms with Gasteiger partial charge in [-0.1, -0.05) is 47.7 Å². The largest absolute Gasteiger partial charge is 0.355 e. The smallest absolute Gasteiger partial charge is 0.267 e. The van der Waals surface area contributed by atoms with Crippen LogP contribution in [0.1, 0.15) is 62.7 Å². The number of carbonyl (C=O) groups is 2. The van der Waals surface area contributed by atoms with Crippen molar-refractivity contribution in [3.63, 3.8) is 0 Å². The van der Waals surface area contributed by atoms with Crippen molar-refractivity contribution < 1.29 is 9.59 Å². The van der Waals surface area contributed by atoms with E-state index in [-0.39, 0.29) is 23.9 Å². The highest BCUT2D eigenvalue weighted by molar-refractivity contribution is 7.17. The highest BCUT2D eigenvalue weighted by Gasteiger charge is 2.24. The van der Waals surface area contributed by atoms with Crippen molar-refractivity contribution in [3.8, 4) is 0 Å². The van der Waals surface area contributed by atoms with E-state index in [1.54, 1.807) is 12.1 Å². The molecule has 1 fully saturated rings. The molecule has 1 heterocycles. The van der Waals surface area contributed by atoms with Crippen LogP contribution in [0.3, 0.4) is 0 Å². The number of rotatable bonds is 7. The summed E-state index contributed by atoms with van der Waals surface area (Å²) >= 11 is 1.33. The lowest BCUT2D eigenvalue weighted by molar-refractivity contribution is 0.0949. The zero-order valence-corrected chi connectivity index (χ0v) is 18.7. The Morgan fingerprint density at radius 1 is 1.06 bits per heavy atom. The Kier molecular flexibility index (Phi) is 6.04. The molecule has 3 N–H and O–H groups in total. The second kappa shape index (κ2) is 8.89. The second-order valence-electron chi connectivity index (χ2n) is 7.94. The van der Waals surface area contributed by atoms with Crippen molar-refractivity contribution in [2.75, 3.05) is 10.6 Å². The highest BCUT2D eigenvalue weighted by Crippen LogP contribution is 2.28. The maximum absolute atomic E-state index is 13.0. The van der Waals surface area contributed by atoms with Gasteiger partial charge in [0.1, 0.15) is 4.88 Å². The van der Waals surface area contributed by atoms with Gasteiger partial charge >= 0.3 is 0 Å². The maximum atomic E-state index is 13.0. The molecule has 0 aliphatic heterocycles. The van der Waals surface area contributed by atoms with E-state index in [1.807, 2.05) is 38.1 Å². The minimum atomic E-state index is -0.224. The minimum absolute atomic E-state index is 0.0755. The Bertz CT molecular complexity index is 1110. The molecule has 2 aromatic carbocycles. The number of benzene rings is 2. The van der Waals surface area contributed by atoms with Crippen molar-refractivity contribution in [1.29, 1.82) is 0 Å². The third-order valence-corrected chi connectivity index (χ3v) is 6.39. The Balaban J connectivity index is 1.47. The molecule has 1 aliphatic carbocycles. The third kappa shape index (κ3) is 5.11. The Labute approximate surface area is 186 Å². The van der Waals surface area contributed by atoms with E-state index in [2.05, 4.69) is 40.0 Å². The van der Waals surface area contributed by atoms with Crippen molar-refractivity contribution in [2.24, 2.45) is 0 Å². The molecule has 0 unspecified atom stereocenters. The third-order valence-electron chi connectivity index (χ3n) is 5.30. The van der Waals surface area contributed by atoms with Crippen molar-refractivity contribution >= 4 is 34.0 Å². The fourth-order valence-corrected chi connectivity index (χ4v) is 4.20. The number of aromatic nitrogens is 1. The summed E-state index contributed by atoms with van der Waals surface area (Å²) in [6.45, 7) is 5.80. The molecule has 1 aliphatic rings. The standard InChI is InChI=1S/C24H26N4O2S/c1-14-9-10-18(22(29)27-19-11-12-19)13-20(14)28-23(30)21-16(3)26-24(31-21)25-15(2)17-7-5-4-6-8-17/h4-10,13,15,19H,11-12H2,1-3H3,(H,25,26)(H,27,29)(H,28,30)/t15-/m1/s1. The predicted molar refractivity (Wildman–Crippen MR) is 125 cm³/mol. The molecule has 6 nitrogen and oxygen atoms in total. The fourth-order valence-electron chi connectivity index (χ4n) is 3.25. The van der Waals surface area contributed by atoms with E-state index in [0.29, 0.717) is 27.0 Å². The zero-order valence-electron chi connectivity index (χ0n) is 17.9. The van der Waals surface area contributed by atoms with Crippen LogP contribution in [-0.4, -0.2) is 22.8 Å². The van der Waals surface area contributed by atoms with Gasteiger partial charge in [-0.25, -0.2) is 4.98 Å². The molecule has 0 bridgehead atoms. The molecule has 0 saturated heterocycles. The van der Waals surface area contributed by atoms with Gasteiger partial charge in [-0.15, -0.1) is 0 Å². The predicted octanol–water partition coefficient (Wildman–Crippen LogP) is 5.08. The van der Waals surface area contributed by atoms with Gasteiger partial charge in [-0.3, -0.25) is 9.59 Å². The minimum Gasteiger partial charge on any atom is -0.355 e. The van der Waals surface area contributed by atoms with Crippen LogP contribution >= 0.6 is 11.3 Å². The zero-order chi connectivity index (χ0) is 22.0.